The standard InChI is InChI=1S/C27H31ClN2/c1-20(2)30-16-15-29(19-27(30)24-7-5-4-6-8-24)18-22-10-12-23(13-11-22)25-17-21(3)9-14-26(25)28/h4-14,17,20,27H,15-16,18-19H2,1-3H3. The minimum absolute atomic E-state index is 0.449. The van der Waals surface area contributed by atoms with E-state index in [1.165, 1.54) is 22.3 Å². The maximum absolute atomic E-state index is 6.43. The van der Waals surface area contributed by atoms with Gasteiger partial charge in [-0.3, -0.25) is 9.80 Å². The molecule has 0 N–H and O–H groups in total. The zero-order chi connectivity index (χ0) is 21.1. The van der Waals surface area contributed by atoms with E-state index in [9.17, 15) is 0 Å². The molecule has 2 nitrogen and oxygen atoms in total. The van der Waals surface area contributed by atoms with Crippen molar-refractivity contribution in [2.45, 2.75) is 39.4 Å². The second-order valence-corrected chi connectivity index (χ2v) is 9.08. The summed E-state index contributed by atoms with van der Waals surface area (Å²) < 4.78 is 0. The van der Waals surface area contributed by atoms with Gasteiger partial charge >= 0.3 is 0 Å². The average molecular weight is 419 g/mol. The first-order valence-electron chi connectivity index (χ1n) is 10.9. The average Bonchev–Trinajstić information content (AvgIpc) is 2.76. The third-order valence-electron chi connectivity index (χ3n) is 6.15. The Hall–Kier alpha value is -2.13. The number of benzene rings is 3. The summed E-state index contributed by atoms with van der Waals surface area (Å²) in [4.78, 5) is 5.22. The molecule has 3 aromatic carbocycles. The van der Waals surface area contributed by atoms with E-state index >= 15 is 0 Å². The minimum Gasteiger partial charge on any atom is -0.296 e. The van der Waals surface area contributed by atoms with Crippen molar-refractivity contribution in [3.63, 3.8) is 0 Å². The van der Waals surface area contributed by atoms with Crippen LogP contribution in [0, 0.1) is 6.92 Å². The molecule has 1 unspecified atom stereocenters. The van der Waals surface area contributed by atoms with E-state index in [4.69, 9.17) is 11.6 Å². The van der Waals surface area contributed by atoms with Gasteiger partial charge in [0.1, 0.15) is 0 Å². The first-order chi connectivity index (χ1) is 14.5. The molecule has 3 heteroatoms. The highest BCUT2D eigenvalue weighted by molar-refractivity contribution is 6.33. The monoisotopic (exact) mass is 418 g/mol. The highest BCUT2D eigenvalue weighted by atomic mass is 35.5. The fourth-order valence-electron chi connectivity index (χ4n) is 4.50. The highest BCUT2D eigenvalue weighted by Crippen LogP contribution is 2.30. The molecule has 3 aromatic rings. The lowest BCUT2D eigenvalue weighted by atomic mass is 9.99. The lowest BCUT2D eigenvalue weighted by molar-refractivity contribution is 0.0468. The molecule has 0 spiro atoms. The Morgan fingerprint density at radius 3 is 2.37 bits per heavy atom. The molecule has 0 saturated carbocycles. The smallest absolute Gasteiger partial charge is 0.0484 e. The van der Waals surface area contributed by atoms with Gasteiger partial charge in [0.2, 0.25) is 0 Å². The summed E-state index contributed by atoms with van der Waals surface area (Å²) in [5.74, 6) is 0. The Bertz CT molecular complexity index is 966. The van der Waals surface area contributed by atoms with Crippen LogP contribution in [-0.2, 0) is 6.54 Å². The minimum atomic E-state index is 0.449. The molecule has 0 amide bonds. The third kappa shape index (κ3) is 4.78. The van der Waals surface area contributed by atoms with Crippen LogP contribution >= 0.6 is 11.6 Å². The normalized spacial score (nSPS) is 18.1. The molecular formula is C27H31ClN2. The molecule has 1 heterocycles. The van der Waals surface area contributed by atoms with Crippen molar-refractivity contribution < 1.29 is 0 Å². The highest BCUT2D eigenvalue weighted by Gasteiger charge is 2.29. The summed E-state index contributed by atoms with van der Waals surface area (Å²) in [7, 11) is 0. The van der Waals surface area contributed by atoms with E-state index < -0.39 is 0 Å². The van der Waals surface area contributed by atoms with Gasteiger partial charge in [0.05, 0.1) is 0 Å². The molecule has 0 aromatic heterocycles. The maximum Gasteiger partial charge on any atom is 0.0484 e. The third-order valence-corrected chi connectivity index (χ3v) is 6.48. The fourth-order valence-corrected chi connectivity index (χ4v) is 4.72. The van der Waals surface area contributed by atoms with Gasteiger partial charge in [0.25, 0.3) is 0 Å². The Labute approximate surface area is 186 Å². The maximum atomic E-state index is 6.43. The van der Waals surface area contributed by atoms with Crippen molar-refractivity contribution in [3.05, 3.63) is 94.5 Å². The van der Waals surface area contributed by atoms with E-state index in [1.807, 2.05) is 6.07 Å². The van der Waals surface area contributed by atoms with E-state index in [0.717, 1.165) is 36.8 Å². The summed E-state index contributed by atoms with van der Waals surface area (Å²) in [6.07, 6.45) is 0. The number of halogens is 1. The zero-order valence-electron chi connectivity index (χ0n) is 18.2. The van der Waals surface area contributed by atoms with Gasteiger partial charge in [-0.15, -0.1) is 0 Å². The van der Waals surface area contributed by atoms with Crippen LogP contribution < -0.4 is 0 Å². The number of hydrogen-bond acceptors (Lipinski definition) is 2. The van der Waals surface area contributed by atoms with Gasteiger partial charge in [-0.1, -0.05) is 77.8 Å². The molecular weight excluding hydrogens is 388 g/mol. The van der Waals surface area contributed by atoms with Crippen LogP contribution in [0.3, 0.4) is 0 Å². The topological polar surface area (TPSA) is 6.48 Å². The van der Waals surface area contributed by atoms with Gasteiger partial charge in [0, 0.05) is 48.8 Å². The van der Waals surface area contributed by atoms with Crippen molar-refractivity contribution >= 4 is 11.6 Å². The van der Waals surface area contributed by atoms with Crippen molar-refractivity contribution in [1.82, 2.24) is 9.80 Å². The van der Waals surface area contributed by atoms with Crippen molar-refractivity contribution in [3.8, 4) is 11.1 Å². The van der Waals surface area contributed by atoms with Crippen LogP contribution in [0.15, 0.2) is 72.8 Å². The van der Waals surface area contributed by atoms with Crippen LogP contribution in [0.2, 0.25) is 5.02 Å². The number of hydrogen-bond donors (Lipinski definition) is 0. The molecule has 1 atom stereocenters. The number of rotatable bonds is 5. The second kappa shape index (κ2) is 9.34. The van der Waals surface area contributed by atoms with Gasteiger partial charge in [-0.2, -0.15) is 0 Å². The summed E-state index contributed by atoms with van der Waals surface area (Å²) in [5.41, 5.74) is 6.29. The molecule has 0 aliphatic carbocycles. The van der Waals surface area contributed by atoms with E-state index in [1.54, 1.807) is 0 Å². The zero-order valence-corrected chi connectivity index (χ0v) is 18.9. The first-order valence-corrected chi connectivity index (χ1v) is 11.3. The largest absolute Gasteiger partial charge is 0.296 e. The van der Waals surface area contributed by atoms with E-state index in [-0.39, 0.29) is 0 Å². The molecule has 0 radical (unpaired) electrons. The molecule has 1 fully saturated rings. The Balaban J connectivity index is 1.48. The van der Waals surface area contributed by atoms with E-state index in [2.05, 4.69) is 97.3 Å². The number of aryl methyl sites for hydroxylation is 1. The fraction of sp³-hybridized carbons (Fsp3) is 0.333. The van der Waals surface area contributed by atoms with Crippen LogP contribution in [0.1, 0.15) is 36.6 Å². The van der Waals surface area contributed by atoms with Gasteiger partial charge < -0.3 is 0 Å². The van der Waals surface area contributed by atoms with Crippen LogP contribution in [0.5, 0.6) is 0 Å². The Kier molecular flexibility index (Phi) is 6.58. The van der Waals surface area contributed by atoms with Gasteiger partial charge in [-0.05, 0) is 49.6 Å². The Morgan fingerprint density at radius 2 is 1.67 bits per heavy atom. The number of nitrogens with zero attached hydrogens (tertiary/aromatic N) is 2. The van der Waals surface area contributed by atoms with Crippen molar-refractivity contribution in [2.75, 3.05) is 19.6 Å². The van der Waals surface area contributed by atoms with Crippen LogP contribution in [-0.4, -0.2) is 35.5 Å². The molecule has 1 saturated heterocycles. The van der Waals surface area contributed by atoms with Crippen LogP contribution in [0.4, 0.5) is 0 Å². The summed E-state index contributed by atoms with van der Waals surface area (Å²) >= 11 is 6.43. The van der Waals surface area contributed by atoms with Crippen LogP contribution in [0.25, 0.3) is 11.1 Å². The van der Waals surface area contributed by atoms with Gasteiger partial charge in [-0.25, -0.2) is 0 Å². The van der Waals surface area contributed by atoms with Crippen molar-refractivity contribution in [1.29, 1.82) is 0 Å². The lowest BCUT2D eigenvalue weighted by Gasteiger charge is -2.44. The Morgan fingerprint density at radius 1 is 0.933 bits per heavy atom. The lowest BCUT2D eigenvalue weighted by Crippen LogP contribution is -2.50. The molecule has 30 heavy (non-hydrogen) atoms. The first kappa shape index (κ1) is 21.1. The predicted molar refractivity (Wildman–Crippen MR) is 128 cm³/mol. The number of piperazine rings is 1. The summed E-state index contributed by atoms with van der Waals surface area (Å²) in [6.45, 7) is 11.0. The van der Waals surface area contributed by atoms with Gasteiger partial charge in [0.15, 0.2) is 0 Å². The molecule has 4 rings (SSSR count). The second-order valence-electron chi connectivity index (χ2n) is 8.67. The predicted octanol–water partition coefficient (Wildman–Crippen LogP) is 6.58. The summed E-state index contributed by atoms with van der Waals surface area (Å²) in [5, 5.41) is 0.809. The quantitative estimate of drug-likeness (QED) is 0.461. The SMILES string of the molecule is Cc1ccc(Cl)c(-c2ccc(CN3CCN(C(C)C)C(c4ccccc4)C3)cc2)c1. The summed E-state index contributed by atoms with van der Waals surface area (Å²) in [6, 6.07) is 27.1. The van der Waals surface area contributed by atoms with Crippen molar-refractivity contribution in [2.24, 2.45) is 0 Å². The molecule has 156 valence electrons. The molecule has 0 bridgehead atoms. The van der Waals surface area contributed by atoms with E-state index in [0.29, 0.717) is 12.1 Å². The molecule has 1 aliphatic heterocycles. The molecule has 1 aliphatic rings.